The molecule has 26 heavy (non-hydrogen) atoms. The summed E-state index contributed by atoms with van der Waals surface area (Å²) in [7, 11) is -3.27. The van der Waals surface area contributed by atoms with Gasteiger partial charge in [-0.25, -0.2) is 8.42 Å². The molecule has 1 aliphatic heterocycles. The molecule has 7 heteroatoms. The highest BCUT2D eigenvalue weighted by Crippen LogP contribution is 2.23. The van der Waals surface area contributed by atoms with Crippen molar-refractivity contribution in [2.75, 3.05) is 12.8 Å². The fourth-order valence-corrected chi connectivity index (χ4v) is 3.79. The molecule has 0 atom stereocenters. The summed E-state index contributed by atoms with van der Waals surface area (Å²) < 4.78 is 23.1. The van der Waals surface area contributed by atoms with Crippen LogP contribution in [0.2, 0.25) is 0 Å². The molecule has 0 N–H and O–H groups in total. The maximum absolute atomic E-state index is 12.8. The molecule has 0 spiro atoms. The first-order valence-electron chi connectivity index (χ1n) is 8.25. The zero-order chi connectivity index (χ0) is 18.3. The smallest absolute Gasteiger partial charge is 0.254 e. The normalized spacial score (nSPS) is 14.3. The lowest BCUT2D eigenvalue weighted by Crippen LogP contribution is -2.36. The summed E-state index contributed by atoms with van der Waals surface area (Å²) in [6, 6.07) is 11.9. The maximum Gasteiger partial charge on any atom is 0.254 e. The molecule has 0 unspecified atom stereocenters. The molecule has 0 aliphatic carbocycles. The van der Waals surface area contributed by atoms with Gasteiger partial charge in [0, 0.05) is 43.2 Å². The van der Waals surface area contributed by atoms with E-state index in [2.05, 4.69) is 9.97 Å². The second-order valence-electron chi connectivity index (χ2n) is 6.41. The van der Waals surface area contributed by atoms with Crippen molar-refractivity contribution in [3.05, 3.63) is 65.5 Å². The Morgan fingerprint density at radius 1 is 1.12 bits per heavy atom. The molecule has 0 bridgehead atoms. The average Bonchev–Trinajstić information content (AvgIpc) is 2.64. The van der Waals surface area contributed by atoms with Crippen LogP contribution < -0.4 is 0 Å². The van der Waals surface area contributed by atoms with E-state index in [0.717, 1.165) is 28.5 Å². The van der Waals surface area contributed by atoms with Crippen molar-refractivity contribution in [3.63, 3.8) is 0 Å². The highest BCUT2D eigenvalue weighted by Gasteiger charge is 2.23. The van der Waals surface area contributed by atoms with Gasteiger partial charge in [0.2, 0.25) is 0 Å². The van der Waals surface area contributed by atoms with Crippen molar-refractivity contribution in [2.24, 2.45) is 0 Å². The summed E-state index contributed by atoms with van der Waals surface area (Å²) in [5.74, 6) is -0.114. The van der Waals surface area contributed by atoms with Gasteiger partial charge in [0.25, 0.3) is 5.91 Å². The minimum Gasteiger partial charge on any atom is -0.334 e. The first-order valence-corrected chi connectivity index (χ1v) is 10.1. The molecule has 1 amide bonds. The summed E-state index contributed by atoms with van der Waals surface area (Å²) in [4.78, 5) is 23.7. The number of carbonyl (C=O) groups excluding carboxylic acids is 1. The number of benzene rings is 1. The predicted octanol–water partition coefficient (Wildman–Crippen LogP) is 2.23. The van der Waals surface area contributed by atoms with Crippen molar-refractivity contribution >= 4 is 26.8 Å². The van der Waals surface area contributed by atoms with Crippen LogP contribution in [0.3, 0.4) is 0 Å². The summed E-state index contributed by atoms with van der Waals surface area (Å²) in [5.41, 5.74) is 4.17. The number of hydrogen-bond acceptors (Lipinski definition) is 5. The number of amides is 1. The van der Waals surface area contributed by atoms with Gasteiger partial charge < -0.3 is 4.90 Å². The molecule has 4 rings (SSSR count). The lowest BCUT2D eigenvalue weighted by atomic mass is 10.0. The zero-order valence-corrected chi connectivity index (χ0v) is 15.0. The molecule has 3 heterocycles. The van der Waals surface area contributed by atoms with Crippen LogP contribution in [0.25, 0.3) is 11.0 Å². The number of carbonyl (C=O) groups is 1. The van der Waals surface area contributed by atoms with E-state index >= 15 is 0 Å². The van der Waals surface area contributed by atoms with E-state index in [0.29, 0.717) is 25.1 Å². The average molecular weight is 367 g/mol. The number of nitrogens with zero attached hydrogens (tertiary/aromatic N) is 3. The van der Waals surface area contributed by atoms with Crippen LogP contribution in [0.15, 0.2) is 53.6 Å². The van der Waals surface area contributed by atoms with Gasteiger partial charge in [0.05, 0.1) is 15.9 Å². The van der Waals surface area contributed by atoms with Crippen LogP contribution in [0.1, 0.15) is 21.6 Å². The largest absolute Gasteiger partial charge is 0.334 e. The minimum absolute atomic E-state index is 0.114. The summed E-state index contributed by atoms with van der Waals surface area (Å²) in [5, 5.41) is 0. The Morgan fingerprint density at radius 2 is 1.88 bits per heavy atom. The van der Waals surface area contributed by atoms with Crippen molar-refractivity contribution in [2.45, 2.75) is 17.9 Å². The maximum atomic E-state index is 12.8. The molecule has 132 valence electrons. The molecule has 0 saturated heterocycles. The minimum atomic E-state index is -3.27. The number of fused-ring (bicyclic) bond motifs is 2. The molecule has 0 saturated carbocycles. The first-order chi connectivity index (χ1) is 12.4. The molecular weight excluding hydrogens is 350 g/mol. The van der Waals surface area contributed by atoms with Crippen LogP contribution in [0.4, 0.5) is 0 Å². The standard InChI is InChI=1S/C19H17N3O3S/c1-26(24,25)15-6-4-13(5-7-15)19(23)22-10-8-16-14(12-22)11-18-17(21-16)3-2-9-20-18/h2-7,9,11H,8,10,12H2,1H3. The number of rotatable bonds is 2. The van der Waals surface area contributed by atoms with Crippen LogP contribution in [-0.4, -0.2) is 42.0 Å². The Balaban J connectivity index is 1.60. The summed E-state index contributed by atoms with van der Waals surface area (Å²) in [6.07, 6.45) is 3.57. The zero-order valence-electron chi connectivity index (χ0n) is 14.2. The Bertz CT molecular complexity index is 1110. The third kappa shape index (κ3) is 3.06. The number of sulfone groups is 1. The highest BCUT2D eigenvalue weighted by atomic mass is 32.2. The van der Waals surface area contributed by atoms with Crippen LogP contribution in [0, 0.1) is 0 Å². The second kappa shape index (κ2) is 6.17. The number of aromatic nitrogens is 2. The topological polar surface area (TPSA) is 80.2 Å². The number of pyridine rings is 2. The Hall–Kier alpha value is -2.80. The fourth-order valence-electron chi connectivity index (χ4n) is 3.16. The van der Waals surface area contributed by atoms with Gasteiger partial charge >= 0.3 is 0 Å². The van der Waals surface area contributed by atoms with Crippen LogP contribution in [0.5, 0.6) is 0 Å². The van der Waals surface area contributed by atoms with E-state index in [1.807, 2.05) is 18.2 Å². The van der Waals surface area contributed by atoms with Gasteiger partial charge in [-0.05, 0) is 48.0 Å². The predicted molar refractivity (Wildman–Crippen MR) is 97.5 cm³/mol. The third-order valence-corrected chi connectivity index (χ3v) is 5.68. The van der Waals surface area contributed by atoms with Gasteiger partial charge in [-0.2, -0.15) is 0 Å². The quantitative estimate of drug-likeness (QED) is 0.694. The lowest BCUT2D eigenvalue weighted by Gasteiger charge is -2.28. The molecule has 0 radical (unpaired) electrons. The molecule has 1 aliphatic rings. The van der Waals surface area contributed by atoms with E-state index in [1.165, 1.54) is 12.1 Å². The van der Waals surface area contributed by atoms with Gasteiger partial charge in [-0.15, -0.1) is 0 Å². The molecule has 3 aromatic rings. The van der Waals surface area contributed by atoms with Crippen LogP contribution >= 0.6 is 0 Å². The Morgan fingerprint density at radius 3 is 2.62 bits per heavy atom. The van der Waals surface area contributed by atoms with Gasteiger partial charge in [-0.1, -0.05) is 0 Å². The summed E-state index contributed by atoms with van der Waals surface area (Å²) >= 11 is 0. The van der Waals surface area contributed by atoms with Gasteiger partial charge in [0.15, 0.2) is 9.84 Å². The monoisotopic (exact) mass is 367 g/mol. The highest BCUT2D eigenvalue weighted by molar-refractivity contribution is 7.90. The van der Waals surface area contributed by atoms with E-state index < -0.39 is 9.84 Å². The Kier molecular flexibility index (Phi) is 3.96. The fraction of sp³-hybridized carbons (Fsp3) is 0.211. The van der Waals surface area contributed by atoms with Crippen LogP contribution in [-0.2, 0) is 22.8 Å². The van der Waals surface area contributed by atoms with Crippen molar-refractivity contribution in [1.29, 1.82) is 0 Å². The molecule has 6 nitrogen and oxygen atoms in total. The van der Waals surface area contributed by atoms with Gasteiger partial charge in [-0.3, -0.25) is 14.8 Å². The SMILES string of the molecule is CS(=O)(=O)c1ccc(C(=O)N2CCc3nc4cccnc4cc3C2)cc1. The molecule has 2 aromatic heterocycles. The van der Waals surface area contributed by atoms with Gasteiger partial charge in [0.1, 0.15) is 0 Å². The lowest BCUT2D eigenvalue weighted by molar-refractivity contribution is 0.0733. The molecule has 1 aromatic carbocycles. The summed E-state index contributed by atoms with van der Waals surface area (Å²) in [6.45, 7) is 1.06. The third-order valence-electron chi connectivity index (χ3n) is 4.55. The van der Waals surface area contributed by atoms with Crippen molar-refractivity contribution in [3.8, 4) is 0 Å². The van der Waals surface area contributed by atoms with E-state index in [1.54, 1.807) is 23.2 Å². The molecule has 0 fully saturated rings. The number of hydrogen-bond donors (Lipinski definition) is 0. The molecular formula is C19H17N3O3S. The Labute approximate surface area is 151 Å². The van der Waals surface area contributed by atoms with Crippen molar-refractivity contribution in [1.82, 2.24) is 14.9 Å². The first kappa shape index (κ1) is 16.7. The van der Waals surface area contributed by atoms with E-state index in [-0.39, 0.29) is 10.8 Å². The van der Waals surface area contributed by atoms with E-state index in [9.17, 15) is 13.2 Å². The van der Waals surface area contributed by atoms with E-state index in [4.69, 9.17) is 0 Å². The van der Waals surface area contributed by atoms with Crippen molar-refractivity contribution < 1.29 is 13.2 Å². The second-order valence-corrected chi connectivity index (χ2v) is 8.42.